The van der Waals surface area contributed by atoms with Crippen LogP contribution in [0, 0.1) is 5.82 Å². The van der Waals surface area contributed by atoms with Gasteiger partial charge in [0.25, 0.3) is 0 Å². The Hall–Kier alpha value is -2.75. The minimum atomic E-state index is -0.518. The number of nitrogens with zero attached hydrogens (tertiary/aromatic N) is 3. The second-order valence-electron chi connectivity index (χ2n) is 7.30. The maximum absolute atomic E-state index is 14.7. The lowest BCUT2D eigenvalue weighted by Gasteiger charge is -2.31. The van der Waals surface area contributed by atoms with Crippen molar-refractivity contribution >= 4 is 23.3 Å². The van der Waals surface area contributed by atoms with E-state index in [9.17, 15) is 9.60 Å². The van der Waals surface area contributed by atoms with Crippen molar-refractivity contribution in [2.75, 3.05) is 33.4 Å². The molecule has 0 aromatic heterocycles. The number of amidine groups is 1. The average molecular weight is 417 g/mol. The topological polar surface area (TPSA) is 121 Å². The van der Waals surface area contributed by atoms with Gasteiger partial charge in [-0.2, -0.15) is 5.06 Å². The number of ether oxygens (including phenoxy) is 1. The number of benzene rings is 1. The van der Waals surface area contributed by atoms with Crippen LogP contribution in [0.2, 0.25) is 0 Å². The molecule has 0 aliphatic carbocycles. The number of hydrogen-bond donors (Lipinski definition) is 4. The zero-order chi connectivity index (χ0) is 21.5. The molecule has 0 amide bonds. The van der Waals surface area contributed by atoms with Gasteiger partial charge in [0.15, 0.2) is 0 Å². The average Bonchev–Trinajstić information content (AvgIpc) is 2.75. The van der Waals surface area contributed by atoms with Crippen LogP contribution in [-0.4, -0.2) is 61.7 Å². The standard InChI is InChI=1S/C21H29FN6O2/c1-25-12-15(11-23)14-2-3-20(18(22)10-14)27-21(24)17-13-28(29)7-4-19(17)26-16-5-8-30-9-6-16/h2-3,10-12,16,26,29H,4-9,13,23H2,1H3,(H2,24,27). The number of aliphatic imine (C=N–C) groups is 2. The van der Waals surface area contributed by atoms with Crippen LogP contribution in [0.4, 0.5) is 10.1 Å². The minimum Gasteiger partial charge on any atom is -0.404 e. The van der Waals surface area contributed by atoms with Gasteiger partial charge >= 0.3 is 0 Å². The number of hydroxylamine groups is 2. The number of nitrogens with one attached hydrogen (secondary N) is 1. The van der Waals surface area contributed by atoms with Crippen molar-refractivity contribution in [2.45, 2.75) is 25.3 Å². The molecule has 1 aromatic carbocycles. The molecule has 8 nitrogen and oxygen atoms in total. The summed E-state index contributed by atoms with van der Waals surface area (Å²) in [6, 6.07) is 4.90. The van der Waals surface area contributed by atoms with Gasteiger partial charge in [0.2, 0.25) is 0 Å². The van der Waals surface area contributed by atoms with Crippen molar-refractivity contribution in [2.24, 2.45) is 21.5 Å². The largest absolute Gasteiger partial charge is 0.404 e. The highest BCUT2D eigenvalue weighted by atomic mass is 19.1. The molecule has 0 radical (unpaired) electrons. The Balaban J connectivity index is 1.87. The summed E-state index contributed by atoms with van der Waals surface area (Å²) < 4.78 is 20.1. The minimum absolute atomic E-state index is 0.119. The molecule has 1 aromatic rings. The van der Waals surface area contributed by atoms with E-state index < -0.39 is 5.82 Å². The Morgan fingerprint density at radius 1 is 1.37 bits per heavy atom. The third-order valence-corrected chi connectivity index (χ3v) is 5.20. The van der Waals surface area contributed by atoms with E-state index in [2.05, 4.69) is 15.3 Å². The summed E-state index contributed by atoms with van der Waals surface area (Å²) in [4.78, 5) is 8.22. The molecule has 1 saturated heterocycles. The normalized spacial score (nSPS) is 20.2. The fourth-order valence-corrected chi connectivity index (χ4v) is 3.56. The van der Waals surface area contributed by atoms with E-state index in [-0.39, 0.29) is 18.1 Å². The Morgan fingerprint density at radius 2 is 2.13 bits per heavy atom. The maximum atomic E-state index is 14.7. The molecule has 0 spiro atoms. The lowest BCUT2D eigenvalue weighted by atomic mass is 10.0. The summed E-state index contributed by atoms with van der Waals surface area (Å²) >= 11 is 0. The first-order valence-electron chi connectivity index (χ1n) is 10.0. The highest BCUT2D eigenvalue weighted by Crippen LogP contribution is 2.24. The molecule has 2 heterocycles. The molecule has 0 bridgehead atoms. The summed E-state index contributed by atoms with van der Waals surface area (Å²) in [5, 5.41) is 14.7. The zero-order valence-corrected chi connectivity index (χ0v) is 17.1. The van der Waals surface area contributed by atoms with Crippen LogP contribution in [0.15, 0.2) is 45.7 Å². The third-order valence-electron chi connectivity index (χ3n) is 5.20. The molecule has 162 valence electrons. The summed E-state index contributed by atoms with van der Waals surface area (Å²) in [7, 11) is 1.62. The van der Waals surface area contributed by atoms with Crippen molar-refractivity contribution in [1.29, 1.82) is 0 Å². The fourth-order valence-electron chi connectivity index (χ4n) is 3.56. The van der Waals surface area contributed by atoms with Crippen molar-refractivity contribution in [3.05, 3.63) is 47.0 Å². The molecule has 3 rings (SSSR count). The summed E-state index contributed by atoms with van der Waals surface area (Å²) in [5.74, 6) is -0.338. The van der Waals surface area contributed by atoms with E-state index >= 15 is 0 Å². The Morgan fingerprint density at radius 3 is 2.80 bits per heavy atom. The predicted molar refractivity (Wildman–Crippen MR) is 116 cm³/mol. The SMILES string of the molecule is CN=CC(=CN)c1ccc(N=C(N)C2=C(NC3CCOCC3)CCN(O)C2)c(F)c1. The van der Waals surface area contributed by atoms with Crippen LogP contribution in [-0.2, 0) is 4.74 Å². The quantitative estimate of drug-likeness (QED) is 0.415. The van der Waals surface area contributed by atoms with Gasteiger partial charge in [-0.15, -0.1) is 0 Å². The third kappa shape index (κ3) is 5.44. The lowest BCUT2D eigenvalue weighted by Crippen LogP contribution is -2.41. The number of nitrogens with two attached hydrogens (primary N) is 2. The van der Waals surface area contributed by atoms with Crippen LogP contribution in [0.1, 0.15) is 24.8 Å². The predicted octanol–water partition coefficient (Wildman–Crippen LogP) is 1.93. The Kier molecular flexibility index (Phi) is 7.56. The van der Waals surface area contributed by atoms with Gasteiger partial charge in [0.05, 0.1) is 6.54 Å². The molecule has 9 heteroatoms. The first-order valence-corrected chi connectivity index (χ1v) is 10.0. The monoisotopic (exact) mass is 416 g/mol. The van der Waals surface area contributed by atoms with E-state index in [0.717, 1.165) is 31.8 Å². The van der Waals surface area contributed by atoms with Gasteiger partial charge in [-0.1, -0.05) is 6.07 Å². The Labute approximate surface area is 175 Å². The van der Waals surface area contributed by atoms with Crippen molar-refractivity contribution in [3.8, 4) is 0 Å². The molecule has 2 aliphatic heterocycles. The Bertz CT molecular complexity index is 874. The van der Waals surface area contributed by atoms with Gasteiger partial charge in [-0.3, -0.25) is 4.99 Å². The number of hydrogen-bond acceptors (Lipinski definition) is 7. The molecule has 30 heavy (non-hydrogen) atoms. The molecule has 0 saturated carbocycles. The molecular formula is C21H29FN6O2. The molecule has 6 N–H and O–H groups in total. The molecule has 0 unspecified atom stereocenters. The second-order valence-corrected chi connectivity index (χ2v) is 7.30. The summed E-state index contributed by atoms with van der Waals surface area (Å²) in [6.07, 6.45) is 5.36. The first-order chi connectivity index (χ1) is 14.5. The molecule has 0 atom stereocenters. The second kappa shape index (κ2) is 10.3. The van der Waals surface area contributed by atoms with Gasteiger partial charge in [-0.05, 0) is 30.5 Å². The number of allylic oxidation sites excluding steroid dienone is 1. The summed E-state index contributed by atoms with van der Waals surface area (Å²) in [5.41, 5.74) is 14.8. The number of rotatable bonds is 6. The highest BCUT2D eigenvalue weighted by Gasteiger charge is 2.23. The molecule has 2 aliphatic rings. The van der Waals surface area contributed by atoms with Crippen LogP contribution in [0.5, 0.6) is 0 Å². The van der Waals surface area contributed by atoms with Crippen LogP contribution < -0.4 is 16.8 Å². The fraction of sp³-hybridized carbons (Fsp3) is 0.429. The summed E-state index contributed by atoms with van der Waals surface area (Å²) in [6.45, 7) is 2.16. The first kappa shape index (κ1) is 21.9. The van der Waals surface area contributed by atoms with Gasteiger partial charge in [-0.25, -0.2) is 9.38 Å². The molecule has 1 fully saturated rings. The van der Waals surface area contributed by atoms with E-state index in [0.29, 0.717) is 35.7 Å². The van der Waals surface area contributed by atoms with Gasteiger partial charge in [0.1, 0.15) is 17.3 Å². The van der Waals surface area contributed by atoms with Crippen LogP contribution in [0.3, 0.4) is 0 Å². The van der Waals surface area contributed by atoms with Crippen molar-refractivity contribution in [1.82, 2.24) is 10.4 Å². The smallest absolute Gasteiger partial charge is 0.149 e. The van der Waals surface area contributed by atoms with Crippen molar-refractivity contribution in [3.63, 3.8) is 0 Å². The van der Waals surface area contributed by atoms with Crippen molar-refractivity contribution < 1.29 is 14.3 Å². The van der Waals surface area contributed by atoms with E-state index in [4.69, 9.17) is 16.2 Å². The van der Waals surface area contributed by atoms with Gasteiger partial charge < -0.3 is 26.7 Å². The zero-order valence-electron chi connectivity index (χ0n) is 17.1. The van der Waals surface area contributed by atoms with Gasteiger partial charge in [0, 0.05) is 68.5 Å². The maximum Gasteiger partial charge on any atom is 0.149 e. The molecular weight excluding hydrogens is 387 g/mol. The van der Waals surface area contributed by atoms with Crippen LogP contribution in [0.25, 0.3) is 5.57 Å². The number of halogens is 1. The van der Waals surface area contributed by atoms with E-state index in [1.807, 2.05) is 0 Å². The highest BCUT2D eigenvalue weighted by molar-refractivity contribution is 6.09. The van der Waals surface area contributed by atoms with E-state index in [1.165, 1.54) is 17.3 Å². The van der Waals surface area contributed by atoms with E-state index in [1.54, 1.807) is 25.4 Å². The van der Waals surface area contributed by atoms with Crippen LogP contribution >= 0.6 is 0 Å². The lowest BCUT2D eigenvalue weighted by molar-refractivity contribution is -0.0850.